The van der Waals surface area contributed by atoms with E-state index in [4.69, 9.17) is 4.74 Å². The second-order valence-electron chi connectivity index (χ2n) is 13.1. The standard InChI is InChI=1S/C27H45NO4/c1-25(2)16-28(11-12-32-25)22-14-27(4)17(13-23(22)30)5-6-18-19-7-8-21(24(31)15-29)26(19,3)10-9-20(18)27/h17-23,29-30H,5-16H2,1-4H3/t17-,18-,19-,20-,21+,22-,23-,26-,27-/m0/s1. The highest BCUT2D eigenvalue weighted by Crippen LogP contribution is 2.67. The zero-order chi connectivity index (χ0) is 22.9. The first kappa shape index (κ1) is 23.3. The molecule has 5 heteroatoms. The average Bonchev–Trinajstić information content (AvgIpc) is 3.10. The summed E-state index contributed by atoms with van der Waals surface area (Å²) in [5.41, 5.74) is 0.206. The van der Waals surface area contributed by atoms with Crippen LogP contribution in [0.15, 0.2) is 0 Å². The summed E-state index contributed by atoms with van der Waals surface area (Å²) in [6.45, 7) is 11.5. The molecule has 5 fully saturated rings. The Kier molecular flexibility index (Phi) is 5.84. The molecule has 182 valence electrons. The molecule has 4 saturated carbocycles. The zero-order valence-electron chi connectivity index (χ0n) is 20.7. The minimum absolute atomic E-state index is 0.0560. The zero-order valence-corrected chi connectivity index (χ0v) is 20.7. The Balaban J connectivity index is 1.38. The predicted molar refractivity (Wildman–Crippen MR) is 124 cm³/mol. The second-order valence-corrected chi connectivity index (χ2v) is 13.1. The molecule has 1 heterocycles. The van der Waals surface area contributed by atoms with Gasteiger partial charge in [0.05, 0.1) is 18.3 Å². The van der Waals surface area contributed by atoms with Crippen molar-refractivity contribution in [3.63, 3.8) is 0 Å². The van der Waals surface area contributed by atoms with Gasteiger partial charge in [-0.1, -0.05) is 13.8 Å². The highest BCUT2D eigenvalue weighted by Gasteiger charge is 2.62. The number of ketones is 1. The van der Waals surface area contributed by atoms with Crippen LogP contribution < -0.4 is 0 Å². The Morgan fingerprint density at radius 2 is 1.78 bits per heavy atom. The maximum absolute atomic E-state index is 12.5. The van der Waals surface area contributed by atoms with E-state index in [-0.39, 0.29) is 46.9 Å². The number of carbonyl (C=O) groups is 1. The van der Waals surface area contributed by atoms with Crippen LogP contribution in [0.25, 0.3) is 0 Å². The fraction of sp³-hybridized carbons (Fsp3) is 0.963. The lowest BCUT2D eigenvalue weighted by Crippen LogP contribution is -2.62. The van der Waals surface area contributed by atoms with Crippen LogP contribution in [0.2, 0.25) is 0 Å². The van der Waals surface area contributed by atoms with Crippen LogP contribution in [-0.4, -0.2) is 64.9 Å². The van der Waals surface area contributed by atoms with E-state index in [0.717, 1.165) is 51.8 Å². The van der Waals surface area contributed by atoms with E-state index in [1.165, 1.54) is 19.3 Å². The van der Waals surface area contributed by atoms with Crippen molar-refractivity contribution < 1.29 is 19.7 Å². The van der Waals surface area contributed by atoms with E-state index in [0.29, 0.717) is 23.7 Å². The molecular formula is C27H45NO4. The molecule has 5 aliphatic rings. The molecule has 0 aromatic heterocycles. The number of aliphatic hydroxyl groups is 2. The van der Waals surface area contributed by atoms with Crippen LogP contribution in [-0.2, 0) is 9.53 Å². The molecule has 0 unspecified atom stereocenters. The van der Waals surface area contributed by atoms with Crippen molar-refractivity contribution >= 4 is 5.78 Å². The maximum atomic E-state index is 12.5. The number of carbonyl (C=O) groups excluding carboxylic acids is 1. The maximum Gasteiger partial charge on any atom is 0.161 e. The molecule has 0 radical (unpaired) electrons. The van der Waals surface area contributed by atoms with E-state index in [2.05, 4.69) is 32.6 Å². The Morgan fingerprint density at radius 1 is 1.03 bits per heavy atom. The lowest BCUT2D eigenvalue weighted by Gasteiger charge is -2.63. The molecule has 0 aromatic carbocycles. The smallest absolute Gasteiger partial charge is 0.161 e. The number of aliphatic hydroxyl groups excluding tert-OH is 2. The number of Topliss-reactive ketones (excluding diaryl/α,β-unsaturated/α-hetero) is 1. The van der Waals surface area contributed by atoms with Gasteiger partial charge in [0.25, 0.3) is 0 Å². The average molecular weight is 448 g/mol. The van der Waals surface area contributed by atoms with Gasteiger partial charge in [-0.2, -0.15) is 0 Å². The number of fused-ring (bicyclic) bond motifs is 5. The molecule has 0 bridgehead atoms. The molecule has 2 N–H and O–H groups in total. The fourth-order valence-corrected chi connectivity index (χ4v) is 9.62. The van der Waals surface area contributed by atoms with Gasteiger partial charge >= 0.3 is 0 Å². The SMILES string of the molecule is CC1(C)CN([C@H]2C[C@@]3(C)[C@@H](CC[C@@H]4[C@@H]3CC[C@]3(C)[C@@H](C(=O)CO)CC[C@@H]43)C[C@@H]2O)CCO1. The van der Waals surface area contributed by atoms with Crippen LogP contribution in [0.4, 0.5) is 0 Å². The Hall–Kier alpha value is -0.490. The van der Waals surface area contributed by atoms with Gasteiger partial charge in [-0.05, 0) is 99.7 Å². The van der Waals surface area contributed by atoms with Gasteiger partial charge in [0.15, 0.2) is 5.78 Å². The molecule has 9 atom stereocenters. The molecule has 4 aliphatic carbocycles. The third kappa shape index (κ3) is 3.52. The van der Waals surface area contributed by atoms with Crippen molar-refractivity contribution in [1.82, 2.24) is 4.90 Å². The minimum atomic E-state index is -0.295. The normalized spacial score (nSPS) is 50.9. The molecule has 0 aromatic rings. The molecule has 1 aliphatic heterocycles. The summed E-state index contributed by atoms with van der Waals surface area (Å²) in [6, 6.07) is 0.235. The summed E-state index contributed by atoms with van der Waals surface area (Å²) in [6.07, 6.45) is 8.73. The summed E-state index contributed by atoms with van der Waals surface area (Å²) in [5.74, 6) is 2.76. The number of morpholine rings is 1. The Labute approximate surface area is 194 Å². The molecule has 5 rings (SSSR count). The summed E-state index contributed by atoms with van der Waals surface area (Å²) in [7, 11) is 0. The third-order valence-corrected chi connectivity index (χ3v) is 11.2. The topological polar surface area (TPSA) is 70.0 Å². The summed E-state index contributed by atoms with van der Waals surface area (Å²) < 4.78 is 5.97. The molecule has 1 saturated heterocycles. The van der Waals surface area contributed by atoms with Gasteiger partial charge in [-0.3, -0.25) is 9.69 Å². The molecule has 5 nitrogen and oxygen atoms in total. The monoisotopic (exact) mass is 447 g/mol. The highest BCUT2D eigenvalue weighted by atomic mass is 16.5. The first-order valence-corrected chi connectivity index (χ1v) is 13.3. The summed E-state index contributed by atoms with van der Waals surface area (Å²) in [5, 5.41) is 20.8. The highest BCUT2D eigenvalue weighted by molar-refractivity contribution is 5.83. The van der Waals surface area contributed by atoms with E-state index in [9.17, 15) is 15.0 Å². The van der Waals surface area contributed by atoms with Crippen molar-refractivity contribution in [3.05, 3.63) is 0 Å². The molecule has 0 spiro atoms. The van der Waals surface area contributed by atoms with Crippen molar-refractivity contribution in [3.8, 4) is 0 Å². The van der Waals surface area contributed by atoms with E-state index >= 15 is 0 Å². The van der Waals surface area contributed by atoms with Gasteiger partial charge in [-0.25, -0.2) is 0 Å². The number of hydrogen-bond donors (Lipinski definition) is 2. The number of rotatable bonds is 3. The van der Waals surface area contributed by atoms with Crippen LogP contribution >= 0.6 is 0 Å². The number of nitrogens with zero attached hydrogens (tertiary/aromatic N) is 1. The first-order chi connectivity index (χ1) is 15.1. The Morgan fingerprint density at radius 3 is 2.50 bits per heavy atom. The van der Waals surface area contributed by atoms with Crippen molar-refractivity contribution in [2.24, 2.45) is 40.4 Å². The van der Waals surface area contributed by atoms with Crippen LogP contribution in [0.3, 0.4) is 0 Å². The van der Waals surface area contributed by atoms with Gasteiger partial charge in [0.1, 0.15) is 6.61 Å². The van der Waals surface area contributed by atoms with E-state index < -0.39 is 0 Å². The van der Waals surface area contributed by atoms with Gasteiger partial charge < -0.3 is 14.9 Å². The molecule has 32 heavy (non-hydrogen) atoms. The summed E-state index contributed by atoms with van der Waals surface area (Å²) in [4.78, 5) is 15.1. The van der Waals surface area contributed by atoms with Crippen molar-refractivity contribution in [2.45, 2.75) is 96.8 Å². The van der Waals surface area contributed by atoms with Crippen LogP contribution in [0.5, 0.6) is 0 Å². The minimum Gasteiger partial charge on any atom is -0.391 e. The number of hydrogen-bond acceptors (Lipinski definition) is 5. The van der Waals surface area contributed by atoms with Crippen LogP contribution in [0.1, 0.15) is 79.1 Å². The third-order valence-electron chi connectivity index (χ3n) is 11.2. The van der Waals surface area contributed by atoms with E-state index in [1.807, 2.05) is 0 Å². The first-order valence-electron chi connectivity index (χ1n) is 13.3. The van der Waals surface area contributed by atoms with Gasteiger partial charge in [-0.15, -0.1) is 0 Å². The predicted octanol–water partition coefficient (Wildman–Crippen LogP) is 3.66. The molecular weight excluding hydrogens is 402 g/mol. The van der Waals surface area contributed by atoms with E-state index in [1.54, 1.807) is 0 Å². The largest absolute Gasteiger partial charge is 0.391 e. The second kappa shape index (κ2) is 8.03. The lowest BCUT2D eigenvalue weighted by molar-refractivity contribution is -0.169. The summed E-state index contributed by atoms with van der Waals surface area (Å²) >= 11 is 0. The van der Waals surface area contributed by atoms with Crippen LogP contribution in [0, 0.1) is 40.4 Å². The fourth-order valence-electron chi connectivity index (χ4n) is 9.62. The van der Waals surface area contributed by atoms with Crippen molar-refractivity contribution in [2.75, 3.05) is 26.3 Å². The van der Waals surface area contributed by atoms with Gasteiger partial charge in [0.2, 0.25) is 0 Å². The Bertz CT molecular complexity index is 739. The van der Waals surface area contributed by atoms with Crippen molar-refractivity contribution in [1.29, 1.82) is 0 Å². The lowest BCUT2D eigenvalue weighted by atomic mass is 9.44. The quantitative estimate of drug-likeness (QED) is 0.691. The molecule has 0 amide bonds. The van der Waals surface area contributed by atoms with Gasteiger partial charge in [0, 0.05) is 25.0 Å². The number of ether oxygens (including phenoxy) is 1.